The van der Waals surface area contributed by atoms with Gasteiger partial charge in [-0.2, -0.15) is 0 Å². The summed E-state index contributed by atoms with van der Waals surface area (Å²) in [5.74, 6) is 0.0179. The standard InChI is InChI=1S/C20H20N2O2/c1-2-19(23)22-17-11-9-15(10-12-17)20(24)21-13-16-8-7-14-5-3-4-6-18(14)16/h2-6,9-12,16H,1,7-8,13H2,(H,21,24)(H,22,23). The van der Waals surface area contributed by atoms with Crippen LogP contribution in [0.3, 0.4) is 0 Å². The van der Waals surface area contributed by atoms with E-state index in [2.05, 4.69) is 41.5 Å². The molecule has 0 heterocycles. The first-order chi connectivity index (χ1) is 11.7. The minimum Gasteiger partial charge on any atom is -0.351 e. The van der Waals surface area contributed by atoms with Crippen molar-refractivity contribution in [2.24, 2.45) is 0 Å². The van der Waals surface area contributed by atoms with Crippen LogP contribution in [0, 0.1) is 0 Å². The number of hydrogen-bond acceptors (Lipinski definition) is 2. The highest BCUT2D eigenvalue weighted by molar-refractivity contribution is 5.99. The summed E-state index contributed by atoms with van der Waals surface area (Å²) in [6.07, 6.45) is 3.36. The first kappa shape index (κ1) is 16.0. The summed E-state index contributed by atoms with van der Waals surface area (Å²) in [6.45, 7) is 4.05. The maximum atomic E-state index is 12.3. The fourth-order valence-corrected chi connectivity index (χ4v) is 3.07. The molecule has 1 aliphatic carbocycles. The number of carbonyl (C=O) groups excluding carboxylic acids is 2. The average molecular weight is 320 g/mol. The molecular weight excluding hydrogens is 300 g/mol. The second-order valence-electron chi connectivity index (χ2n) is 5.92. The van der Waals surface area contributed by atoms with Gasteiger partial charge in [0.1, 0.15) is 0 Å². The Labute approximate surface area is 141 Å². The quantitative estimate of drug-likeness (QED) is 0.831. The number of nitrogens with one attached hydrogen (secondary N) is 2. The first-order valence-electron chi connectivity index (χ1n) is 8.07. The van der Waals surface area contributed by atoms with Crippen LogP contribution >= 0.6 is 0 Å². The average Bonchev–Trinajstić information content (AvgIpc) is 3.03. The Morgan fingerprint density at radius 1 is 1.12 bits per heavy atom. The fourth-order valence-electron chi connectivity index (χ4n) is 3.07. The van der Waals surface area contributed by atoms with E-state index in [0.717, 1.165) is 12.8 Å². The smallest absolute Gasteiger partial charge is 0.251 e. The van der Waals surface area contributed by atoms with E-state index < -0.39 is 0 Å². The van der Waals surface area contributed by atoms with Gasteiger partial charge in [0, 0.05) is 23.7 Å². The number of anilines is 1. The Hall–Kier alpha value is -2.88. The molecule has 0 saturated heterocycles. The lowest BCUT2D eigenvalue weighted by Gasteiger charge is -2.13. The van der Waals surface area contributed by atoms with Crippen LogP contribution < -0.4 is 10.6 Å². The second-order valence-corrected chi connectivity index (χ2v) is 5.92. The van der Waals surface area contributed by atoms with Gasteiger partial charge in [0.15, 0.2) is 0 Å². The van der Waals surface area contributed by atoms with Crippen molar-refractivity contribution in [3.8, 4) is 0 Å². The molecule has 0 spiro atoms. The zero-order valence-electron chi connectivity index (χ0n) is 13.4. The molecule has 2 amide bonds. The van der Waals surface area contributed by atoms with Crippen LogP contribution in [-0.2, 0) is 11.2 Å². The van der Waals surface area contributed by atoms with Gasteiger partial charge < -0.3 is 10.6 Å². The Balaban J connectivity index is 1.58. The van der Waals surface area contributed by atoms with Crippen LogP contribution in [0.5, 0.6) is 0 Å². The van der Waals surface area contributed by atoms with E-state index in [1.807, 2.05) is 0 Å². The number of hydrogen-bond donors (Lipinski definition) is 2. The summed E-state index contributed by atoms with van der Waals surface area (Å²) >= 11 is 0. The number of fused-ring (bicyclic) bond motifs is 1. The van der Waals surface area contributed by atoms with Crippen LogP contribution in [0.2, 0.25) is 0 Å². The van der Waals surface area contributed by atoms with Gasteiger partial charge in [-0.25, -0.2) is 0 Å². The van der Waals surface area contributed by atoms with Gasteiger partial charge in [-0.15, -0.1) is 0 Å². The largest absolute Gasteiger partial charge is 0.351 e. The Morgan fingerprint density at radius 2 is 1.88 bits per heavy atom. The van der Waals surface area contributed by atoms with E-state index in [-0.39, 0.29) is 11.8 Å². The first-order valence-corrected chi connectivity index (χ1v) is 8.07. The van der Waals surface area contributed by atoms with E-state index in [4.69, 9.17) is 0 Å². The molecule has 2 aromatic rings. The van der Waals surface area contributed by atoms with Crippen LogP contribution in [0.4, 0.5) is 5.69 Å². The zero-order chi connectivity index (χ0) is 16.9. The Morgan fingerprint density at radius 3 is 2.62 bits per heavy atom. The highest BCUT2D eigenvalue weighted by Crippen LogP contribution is 2.32. The van der Waals surface area contributed by atoms with Crippen molar-refractivity contribution in [1.29, 1.82) is 0 Å². The van der Waals surface area contributed by atoms with Crippen molar-refractivity contribution in [2.75, 3.05) is 11.9 Å². The van der Waals surface area contributed by atoms with E-state index in [1.54, 1.807) is 24.3 Å². The summed E-state index contributed by atoms with van der Waals surface area (Å²) in [4.78, 5) is 23.5. The molecule has 4 nitrogen and oxygen atoms in total. The van der Waals surface area contributed by atoms with Gasteiger partial charge >= 0.3 is 0 Å². The van der Waals surface area contributed by atoms with Gasteiger partial charge in [-0.3, -0.25) is 9.59 Å². The summed E-state index contributed by atoms with van der Waals surface area (Å²) in [5.41, 5.74) is 3.96. The Bertz CT molecular complexity index is 765. The highest BCUT2D eigenvalue weighted by Gasteiger charge is 2.22. The van der Waals surface area contributed by atoms with Crippen molar-refractivity contribution in [3.05, 3.63) is 77.9 Å². The number of carbonyl (C=O) groups is 2. The van der Waals surface area contributed by atoms with Crippen molar-refractivity contribution < 1.29 is 9.59 Å². The molecule has 0 aliphatic heterocycles. The molecule has 122 valence electrons. The normalized spacial score (nSPS) is 15.4. The predicted molar refractivity (Wildman–Crippen MR) is 95.1 cm³/mol. The van der Waals surface area contributed by atoms with Gasteiger partial charge in [-0.1, -0.05) is 30.8 Å². The molecule has 0 fully saturated rings. The molecule has 4 heteroatoms. The number of amides is 2. The summed E-state index contributed by atoms with van der Waals surface area (Å²) in [6, 6.07) is 15.3. The lowest BCUT2D eigenvalue weighted by atomic mass is 10.0. The SMILES string of the molecule is C=CC(=O)Nc1ccc(C(=O)NCC2CCc3ccccc32)cc1. The third-order valence-electron chi connectivity index (χ3n) is 4.37. The number of aryl methyl sites for hydroxylation is 1. The van der Waals surface area contributed by atoms with Crippen molar-refractivity contribution >= 4 is 17.5 Å². The van der Waals surface area contributed by atoms with Gasteiger partial charge in [0.2, 0.25) is 5.91 Å². The predicted octanol–water partition coefficient (Wildman–Crippen LogP) is 3.27. The van der Waals surface area contributed by atoms with Crippen LogP contribution in [0.25, 0.3) is 0 Å². The minimum absolute atomic E-state index is 0.0963. The van der Waals surface area contributed by atoms with Crippen molar-refractivity contribution in [1.82, 2.24) is 5.32 Å². The van der Waals surface area contributed by atoms with Crippen molar-refractivity contribution in [2.45, 2.75) is 18.8 Å². The monoisotopic (exact) mass is 320 g/mol. The molecular formula is C20H20N2O2. The van der Waals surface area contributed by atoms with Gasteiger partial charge in [-0.05, 0) is 54.3 Å². The third kappa shape index (κ3) is 3.54. The lowest BCUT2D eigenvalue weighted by molar-refractivity contribution is -0.111. The third-order valence-corrected chi connectivity index (χ3v) is 4.37. The van der Waals surface area contributed by atoms with Gasteiger partial charge in [0.25, 0.3) is 5.91 Å². The molecule has 2 N–H and O–H groups in total. The van der Waals surface area contributed by atoms with E-state index in [1.165, 1.54) is 17.2 Å². The molecule has 0 radical (unpaired) electrons. The molecule has 0 bridgehead atoms. The molecule has 1 atom stereocenters. The second kappa shape index (κ2) is 7.13. The van der Waals surface area contributed by atoms with E-state index in [0.29, 0.717) is 23.7 Å². The maximum absolute atomic E-state index is 12.3. The van der Waals surface area contributed by atoms with Crippen LogP contribution in [0.15, 0.2) is 61.2 Å². The summed E-state index contributed by atoms with van der Waals surface area (Å²) in [7, 11) is 0. The topological polar surface area (TPSA) is 58.2 Å². The molecule has 24 heavy (non-hydrogen) atoms. The fraction of sp³-hybridized carbons (Fsp3) is 0.200. The number of rotatable bonds is 5. The zero-order valence-corrected chi connectivity index (χ0v) is 13.4. The van der Waals surface area contributed by atoms with E-state index >= 15 is 0 Å². The highest BCUT2D eigenvalue weighted by atomic mass is 16.2. The lowest BCUT2D eigenvalue weighted by Crippen LogP contribution is -2.27. The van der Waals surface area contributed by atoms with Crippen LogP contribution in [-0.4, -0.2) is 18.4 Å². The molecule has 0 aromatic heterocycles. The number of benzene rings is 2. The summed E-state index contributed by atoms with van der Waals surface area (Å²) < 4.78 is 0. The Kier molecular flexibility index (Phi) is 4.75. The molecule has 0 saturated carbocycles. The molecule has 2 aromatic carbocycles. The molecule has 1 unspecified atom stereocenters. The summed E-state index contributed by atoms with van der Waals surface area (Å²) in [5, 5.41) is 5.67. The molecule has 1 aliphatic rings. The van der Waals surface area contributed by atoms with Crippen LogP contribution in [0.1, 0.15) is 33.8 Å². The van der Waals surface area contributed by atoms with E-state index in [9.17, 15) is 9.59 Å². The maximum Gasteiger partial charge on any atom is 0.251 e. The van der Waals surface area contributed by atoms with Gasteiger partial charge in [0.05, 0.1) is 0 Å². The molecule has 3 rings (SSSR count). The minimum atomic E-state index is -0.271. The van der Waals surface area contributed by atoms with Crippen molar-refractivity contribution in [3.63, 3.8) is 0 Å².